The summed E-state index contributed by atoms with van der Waals surface area (Å²) in [7, 11) is 0. The lowest BCUT2D eigenvalue weighted by Gasteiger charge is -2.21. The van der Waals surface area contributed by atoms with Crippen LogP contribution in [0.4, 0.5) is 0 Å². The third-order valence-electron chi connectivity index (χ3n) is 3.20. The topological polar surface area (TPSA) is 32.3 Å². The van der Waals surface area contributed by atoms with Crippen LogP contribution < -0.4 is 5.32 Å². The Morgan fingerprint density at radius 3 is 2.11 bits per heavy atom. The van der Waals surface area contributed by atoms with Gasteiger partial charge in [0, 0.05) is 17.6 Å². The second kappa shape index (κ2) is 5.69. The molecule has 18 heavy (non-hydrogen) atoms. The van der Waals surface area contributed by atoms with E-state index >= 15 is 0 Å². The highest BCUT2D eigenvalue weighted by atomic mass is 16.3. The van der Waals surface area contributed by atoms with Crippen molar-refractivity contribution < 1.29 is 5.11 Å². The molecule has 2 rings (SSSR count). The molecule has 0 saturated carbocycles. The van der Waals surface area contributed by atoms with Gasteiger partial charge in [-0.15, -0.1) is 0 Å². The van der Waals surface area contributed by atoms with Gasteiger partial charge in [0.1, 0.15) is 5.75 Å². The second-order valence-corrected chi connectivity index (χ2v) is 4.58. The Bertz CT molecular complexity index is 495. The molecule has 0 fully saturated rings. The van der Waals surface area contributed by atoms with Crippen LogP contribution in [0.25, 0.3) is 0 Å². The summed E-state index contributed by atoms with van der Waals surface area (Å²) in [5.41, 5.74) is 2.18. The van der Waals surface area contributed by atoms with E-state index in [1.807, 2.05) is 36.4 Å². The molecular formula is C16H19NO. The summed E-state index contributed by atoms with van der Waals surface area (Å²) in [6, 6.07) is 18.1. The van der Waals surface area contributed by atoms with Gasteiger partial charge in [-0.25, -0.2) is 0 Å². The Labute approximate surface area is 108 Å². The van der Waals surface area contributed by atoms with Crippen LogP contribution in [0.3, 0.4) is 0 Å². The first-order valence-electron chi connectivity index (χ1n) is 6.27. The number of aromatic hydroxyl groups is 1. The molecule has 0 aliphatic rings. The normalized spacial score (nSPS) is 14.1. The second-order valence-electron chi connectivity index (χ2n) is 4.58. The zero-order chi connectivity index (χ0) is 13.0. The lowest BCUT2D eigenvalue weighted by molar-refractivity contribution is 0.438. The van der Waals surface area contributed by atoms with Crippen LogP contribution in [0.1, 0.15) is 37.1 Å². The summed E-state index contributed by atoms with van der Waals surface area (Å²) in [6.45, 7) is 4.19. The van der Waals surface area contributed by atoms with Crippen LogP contribution in [0.15, 0.2) is 54.6 Å². The van der Waals surface area contributed by atoms with E-state index in [4.69, 9.17) is 0 Å². The lowest BCUT2D eigenvalue weighted by Crippen LogP contribution is -2.22. The molecule has 2 aromatic rings. The number of benzene rings is 2. The molecule has 2 atom stereocenters. The molecule has 0 aromatic heterocycles. The van der Waals surface area contributed by atoms with Gasteiger partial charge < -0.3 is 10.4 Å². The van der Waals surface area contributed by atoms with E-state index in [9.17, 15) is 5.11 Å². The minimum atomic E-state index is 0.112. The average molecular weight is 241 g/mol. The number of nitrogens with one attached hydrogen (secondary N) is 1. The summed E-state index contributed by atoms with van der Waals surface area (Å²) in [5, 5.41) is 13.3. The van der Waals surface area contributed by atoms with Gasteiger partial charge in [0.15, 0.2) is 0 Å². The maximum Gasteiger partial charge on any atom is 0.120 e. The first-order valence-corrected chi connectivity index (χ1v) is 6.27. The van der Waals surface area contributed by atoms with E-state index in [-0.39, 0.29) is 12.1 Å². The van der Waals surface area contributed by atoms with Gasteiger partial charge in [-0.1, -0.05) is 48.5 Å². The maximum absolute atomic E-state index is 9.82. The Morgan fingerprint density at radius 1 is 0.833 bits per heavy atom. The molecule has 2 aromatic carbocycles. The third kappa shape index (κ3) is 2.90. The van der Waals surface area contributed by atoms with Crippen molar-refractivity contribution in [3.63, 3.8) is 0 Å². The number of hydrogen-bond donors (Lipinski definition) is 2. The first kappa shape index (κ1) is 12.7. The molecule has 1 unspecified atom stereocenters. The molecule has 0 spiro atoms. The predicted octanol–water partition coefficient (Wildman–Crippen LogP) is 3.80. The van der Waals surface area contributed by atoms with E-state index in [1.54, 1.807) is 6.07 Å². The molecule has 0 heterocycles. The number of para-hydroxylation sites is 1. The number of rotatable bonds is 4. The van der Waals surface area contributed by atoms with Crippen molar-refractivity contribution >= 4 is 0 Å². The van der Waals surface area contributed by atoms with Gasteiger partial charge in [-0.2, -0.15) is 0 Å². The maximum atomic E-state index is 9.82. The molecule has 0 amide bonds. The monoisotopic (exact) mass is 241 g/mol. The summed E-state index contributed by atoms with van der Waals surface area (Å²) in [4.78, 5) is 0. The molecule has 0 saturated heterocycles. The summed E-state index contributed by atoms with van der Waals surface area (Å²) in [5.74, 6) is 0.345. The highest BCUT2D eigenvalue weighted by Crippen LogP contribution is 2.25. The SMILES string of the molecule is CC(N[C@H](C)c1ccccc1)c1ccccc1O. The largest absolute Gasteiger partial charge is 0.508 e. The van der Waals surface area contributed by atoms with Crippen molar-refractivity contribution in [3.8, 4) is 5.75 Å². The van der Waals surface area contributed by atoms with Crippen molar-refractivity contribution in [2.24, 2.45) is 0 Å². The first-order chi connectivity index (χ1) is 8.68. The van der Waals surface area contributed by atoms with Gasteiger partial charge >= 0.3 is 0 Å². The highest BCUT2D eigenvalue weighted by molar-refractivity contribution is 5.34. The van der Waals surface area contributed by atoms with E-state index in [0.717, 1.165) is 5.56 Å². The Morgan fingerprint density at radius 2 is 1.44 bits per heavy atom. The van der Waals surface area contributed by atoms with E-state index in [1.165, 1.54) is 5.56 Å². The quantitative estimate of drug-likeness (QED) is 0.853. The van der Waals surface area contributed by atoms with Crippen molar-refractivity contribution in [2.45, 2.75) is 25.9 Å². The van der Waals surface area contributed by atoms with Crippen LogP contribution in [0.5, 0.6) is 5.75 Å². The van der Waals surface area contributed by atoms with Gasteiger partial charge in [0.2, 0.25) is 0 Å². The number of hydrogen-bond acceptors (Lipinski definition) is 2. The number of phenols is 1. The van der Waals surface area contributed by atoms with E-state index in [2.05, 4.69) is 31.3 Å². The van der Waals surface area contributed by atoms with Gasteiger partial charge in [0.25, 0.3) is 0 Å². The predicted molar refractivity (Wildman–Crippen MR) is 74.5 cm³/mol. The van der Waals surface area contributed by atoms with E-state index in [0.29, 0.717) is 5.75 Å². The Kier molecular flexibility index (Phi) is 4.00. The third-order valence-corrected chi connectivity index (χ3v) is 3.20. The van der Waals surface area contributed by atoms with Gasteiger partial charge in [0.05, 0.1) is 0 Å². The molecule has 94 valence electrons. The van der Waals surface area contributed by atoms with Gasteiger partial charge in [-0.05, 0) is 25.5 Å². The van der Waals surface area contributed by atoms with Crippen LogP contribution in [0, 0.1) is 0 Å². The highest BCUT2D eigenvalue weighted by Gasteiger charge is 2.13. The van der Waals surface area contributed by atoms with Crippen LogP contribution in [0.2, 0.25) is 0 Å². The molecular weight excluding hydrogens is 222 g/mol. The zero-order valence-corrected chi connectivity index (χ0v) is 10.8. The Balaban J connectivity index is 2.08. The number of phenolic OH excluding ortho intramolecular Hbond substituents is 1. The van der Waals surface area contributed by atoms with Crippen molar-refractivity contribution in [3.05, 3.63) is 65.7 Å². The van der Waals surface area contributed by atoms with E-state index < -0.39 is 0 Å². The van der Waals surface area contributed by atoms with Gasteiger partial charge in [-0.3, -0.25) is 0 Å². The molecule has 2 N–H and O–H groups in total. The van der Waals surface area contributed by atoms with Crippen molar-refractivity contribution in [1.29, 1.82) is 0 Å². The fraction of sp³-hybridized carbons (Fsp3) is 0.250. The van der Waals surface area contributed by atoms with Crippen LogP contribution in [-0.2, 0) is 0 Å². The minimum absolute atomic E-state index is 0.112. The van der Waals surface area contributed by atoms with Crippen molar-refractivity contribution in [2.75, 3.05) is 0 Å². The minimum Gasteiger partial charge on any atom is -0.508 e. The average Bonchev–Trinajstić information content (AvgIpc) is 2.40. The summed E-state index contributed by atoms with van der Waals surface area (Å²) in [6.07, 6.45) is 0. The summed E-state index contributed by atoms with van der Waals surface area (Å²) < 4.78 is 0. The molecule has 0 aliphatic heterocycles. The van der Waals surface area contributed by atoms with Crippen molar-refractivity contribution in [1.82, 2.24) is 5.32 Å². The fourth-order valence-corrected chi connectivity index (χ4v) is 2.16. The smallest absolute Gasteiger partial charge is 0.120 e. The summed E-state index contributed by atoms with van der Waals surface area (Å²) >= 11 is 0. The molecule has 0 bridgehead atoms. The molecule has 2 nitrogen and oxygen atoms in total. The van der Waals surface area contributed by atoms with Crippen LogP contribution >= 0.6 is 0 Å². The fourth-order valence-electron chi connectivity index (χ4n) is 2.16. The standard InChI is InChI=1S/C16H19NO/c1-12(14-8-4-3-5-9-14)17-13(2)15-10-6-7-11-16(15)18/h3-13,17-18H,1-2H3/t12-,13?/m1/s1. The zero-order valence-electron chi connectivity index (χ0n) is 10.8. The molecule has 2 heteroatoms. The molecule has 0 aliphatic carbocycles. The van der Waals surface area contributed by atoms with Crippen LogP contribution in [-0.4, -0.2) is 5.11 Å². The Hall–Kier alpha value is -1.80. The lowest BCUT2D eigenvalue weighted by atomic mass is 10.0. The molecule has 0 radical (unpaired) electrons.